The molecule has 0 fully saturated rings. The third-order valence-electron chi connectivity index (χ3n) is 4.30. The van der Waals surface area contributed by atoms with Gasteiger partial charge in [-0.1, -0.05) is 6.07 Å². The van der Waals surface area contributed by atoms with E-state index in [1.54, 1.807) is 32.2 Å². The van der Waals surface area contributed by atoms with Crippen molar-refractivity contribution in [3.63, 3.8) is 0 Å². The van der Waals surface area contributed by atoms with E-state index in [9.17, 15) is 13.2 Å². The maximum Gasteiger partial charge on any atom is 0.321 e. The van der Waals surface area contributed by atoms with Gasteiger partial charge in [0.05, 0.1) is 18.6 Å². The molecule has 0 bridgehead atoms. The van der Waals surface area contributed by atoms with E-state index in [1.807, 2.05) is 18.2 Å². The van der Waals surface area contributed by atoms with E-state index in [4.69, 9.17) is 14.2 Å². The van der Waals surface area contributed by atoms with Gasteiger partial charge >= 0.3 is 6.03 Å². The highest BCUT2D eigenvalue weighted by molar-refractivity contribution is 7.92. The molecule has 2 N–H and O–H groups in total. The number of hydrogen-bond acceptors (Lipinski definition) is 6. The summed E-state index contributed by atoms with van der Waals surface area (Å²) in [7, 11) is -0.344. The SMILES string of the molecule is CCS(=O)(=O)Nc1ccc(NC(=O)N(C)Cc2ccc3c(c2)OCO3)cc1OC. The Morgan fingerprint density at radius 2 is 1.93 bits per heavy atom. The first kappa shape index (κ1) is 20.6. The third-order valence-corrected chi connectivity index (χ3v) is 5.59. The Hall–Kier alpha value is -3.14. The Balaban J connectivity index is 1.66. The van der Waals surface area contributed by atoms with Gasteiger partial charge in [-0.25, -0.2) is 13.2 Å². The van der Waals surface area contributed by atoms with Crippen LogP contribution in [-0.2, 0) is 16.6 Å². The Morgan fingerprint density at radius 1 is 1.17 bits per heavy atom. The number of urea groups is 1. The van der Waals surface area contributed by atoms with Crippen LogP contribution in [0, 0.1) is 0 Å². The molecule has 1 aliphatic heterocycles. The molecule has 0 saturated heterocycles. The van der Waals surface area contributed by atoms with E-state index in [2.05, 4.69) is 10.0 Å². The summed E-state index contributed by atoms with van der Waals surface area (Å²) in [6.45, 7) is 2.11. The van der Waals surface area contributed by atoms with E-state index in [1.165, 1.54) is 12.0 Å². The van der Waals surface area contributed by atoms with E-state index < -0.39 is 10.0 Å². The Kier molecular flexibility index (Phi) is 6.02. The molecular weight excluding hydrogens is 398 g/mol. The number of methoxy groups -OCH3 is 1. The molecule has 0 saturated carbocycles. The highest BCUT2D eigenvalue weighted by atomic mass is 32.2. The van der Waals surface area contributed by atoms with Gasteiger partial charge < -0.3 is 24.4 Å². The van der Waals surface area contributed by atoms with Crippen LogP contribution >= 0.6 is 0 Å². The summed E-state index contributed by atoms with van der Waals surface area (Å²) in [5.41, 5.74) is 1.68. The molecular formula is C19H23N3O6S. The van der Waals surface area contributed by atoms with Crippen molar-refractivity contribution in [2.75, 3.05) is 36.7 Å². The van der Waals surface area contributed by atoms with Crippen molar-refractivity contribution in [1.29, 1.82) is 0 Å². The molecule has 29 heavy (non-hydrogen) atoms. The van der Waals surface area contributed by atoms with Gasteiger partial charge in [0.2, 0.25) is 16.8 Å². The summed E-state index contributed by atoms with van der Waals surface area (Å²) < 4.78 is 41.9. The largest absolute Gasteiger partial charge is 0.494 e. The minimum absolute atomic E-state index is 0.0563. The van der Waals surface area contributed by atoms with Crippen LogP contribution in [0.25, 0.3) is 0 Å². The zero-order valence-corrected chi connectivity index (χ0v) is 17.2. The summed E-state index contributed by atoms with van der Waals surface area (Å²) in [5.74, 6) is 1.59. The van der Waals surface area contributed by atoms with Crippen molar-refractivity contribution in [3.05, 3.63) is 42.0 Å². The van der Waals surface area contributed by atoms with Crippen LogP contribution in [0.5, 0.6) is 17.2 Å². The fourth-order valence-electron chi connectivity index (χ4n) is 2.70. The first-order valence-corrected chi connectivity index (χ1v) is 10.6. The highest BCUT2D eigenvalue weighted by Crippen LogP contribution is 2.33. The second-order valence-electron chi connectivity index (χ2n) is 6.39. The first-order valence-electron chi connectivity index (χ1n) is 8.90. The molecule has 2 amide bonds. The number of carbonyl (C=O) groups is 1. The number of nitrogens with zero attached hydrogens (tertiary/aromatic N) is 1. The van der Waals surface area contributed by atoms with E-state index in [0.29, 0.717) is 35.2 Å². The molecule has 156 valence electrons. The van der Waals surface area contributed by atoms with Crippen LogP contribution in [0.2, 0.25) is 0 Å². The molecule has 3 rings (SSSR count). The highest BCUT2D eigenvalue weighted by Gasteiger charge is 2.17. The standard InChI is InChI=1S/C19H23N3O6S/c1-4-29(24,25)21-15-7-6-14(10-17(15)26-3)20-19(23)22(2)11-13-5-8-16-18(9-13)28-12-27-16/h5-10,21H,4,11-12H2,1-3H3,(H,20,23). The van der Waals surface area contributed by atoms with Crippen molar-refractivity contribution in [2.45, 2.75) is 13.5 Å². The van der Waals surface area contributed by atoms with E-state index in [0.717, 1.165) is 5.56 Å². The van der Waals surface area contributed by atoms with Crippen molar-refractivity contribution in [1.82, 2.24) is 4.90 Å². The van der Waals surface area contributed by atoms with Gasteiger partial charge in [0.25, 0.3) is 0 Å². The maximum atomic E-state index is 12.5. The van der Waals surface area contributed by atoms with E-state index in [-0.39, 0.29) is 18.6 Å². The number of ether oxygens (including phenoxy) is 3. The molecule has 2 aromatic carbocycles. The lowest BCUT2D eigenvalue weighted by molar-refractivity contribution is 0.174. The van der Waals surface area contributed by atoms with Crippen LogP contribution in [0.3, 0.4) is 0 Å². The van der Waals surface area contributed by atoms with Crippen LogP contribution in [-0.4, -0.2) is 46.1 Å². The zero-order valence-electron chi connectivity index (χ0n) is 16.4. The molecule has 0 aromatic heterocycles. The minimum Gasteiger partial charge on any atom is -0.494 e. The molecule has 9 nitrogen and oxygen atoms in total. The Morgan fingerprint density at radius 3 is 2.66 bits per heavy atom. The fraction of sp³-hybridized carbons (Fsp3) is 0.316. The van der Waals surface area contributed by atoms with Crippen molar-refractivity contribution in [2.24, 2.45) is 0 Å². The summed E-state index contributed by atoms with van der Waals surface area (Å²) in [6.07, 6.45) is 0. The quantitative estimate of drug-likeness (QED) is 0.712. The minimum atomic E-state index is -3.44. The molecule has 10 heteroatoms. The molecule has 0 unspecified atom stereocenters. The molecule has 0 spiro atoms. The van der Waals surface area contributed by atoms with Gasteiger partial charge in [-0.3, -0.25) is 4.72 Å². The predicted octanol–water partition coefficient (Wildman–Crippen LogP) is 2.85. The third kappa shape index (κ3) is 5.02. The number of carbonyl (C=O) groups excluding carboxylic acids is 1. The molecule has 1 aliphatic rings. The Labute approximate surface area is 169 Å². The first-order chi connectivity index (χ1) is 13.8. The lowest BCUT2D eigenvalue weighted by atomic mass is 10.2. The molecule has 0 atom stereocenters. The second-order valence-corrected chi connectivity index (χ2v) is 8.41. The fourth-order valence-corrected chi connectivity index (χ4v) is 3.34. The topological polar surface area (TPSA) is 106 Å². The smallest absolute Gasteiger partial charge is 0.321 e. The normalized spacial score (nSPS) is 12.4. The molecule has 0 aliphatic carbocycles. The van der Waals surface area contributed by atoms with Gasteiger partial charge in [0, 0.05) is 25.3 Å². The van der Waals surface area contributed by atoms with Gasteiger partial charge in [-0.2, -0.15) is 0 Å². The van der Waals surface area contributed by atoms with Crippen LogP contribution in [0.1, 0.15) is 12.5 Å². The molecule has 2 aromatic rings. The lowest BCUT2D eigenvalue weighted by Crippen LogP contribution is -2.30. The van der Waals surface area contributed by atoms with Crippen molar-refractivity contribution >= 4 is 27.4 Å². The number of hydrogen-bond donors (Lipinski definition) is 2. The lowest BCUT2D eigenvalue weighted by Gasteiger charge is -2.19. The maximum absolute atomic E-state index is 12.5. The summed E-state index contributed by atoms with van der Waals surface area (Å²) in [5, 5.41) is 2.77. The Bertz CT molecular complexity index is 1010. The number of anilines is 2. The molecule has 1 heterocycles. The van der Waals surface area contributed by atoms with Crippen LogP contribution in [0.4, 0.5) is 16.2 Å². The van der Waals surface area contributed by atoms with Gasteiger partial charge in [0.1, 0.15) is 5.75 Å². The average molecular weight is 421 g/mol. The number of amides is 2. The summed E-state index contributed by atoms with van der Waals surface area (Å²) >= 11 is 0. The van der Waals surface area contributed by atoms with Crippen LogP contribution < -0.4 is 24.2 Å². The van der Waals surface area contributed by atoms with Gasteiger partial charge in [-0.05, 0) is 36.8 Å². The number of nitrogens with one attached hydrogen (secondary N) is 2. The van der Waals surface area contributed by atoms with Gasteiger partial charge in [0.15, 0.2) is 11.5 Å². The molecule has 0 radical (unpaired) electrons. The predicted molar refractivity (Wildman–Crippen MR) is 109 cm³/mol. The number of fused-ring (bicyclic) bond motifs is 1. The van der Waals surface area contributed by atoms with Gasteiger partial charge in [-0.15, -0.1) is 0 Å². The second kappa shape index (κ2) is 8.48. The number of sulfonamides is 1. The van der Waals surface area contributed by atoms with Crippen molar-refractivity contribution < 1.29 is 27.4 Å². The number of rotatable bonds is 7. The van der Waals surface area contributed by atoms with E-state index >= 15 is 0 Å². The summed E-state index contributed by atoms with van der Waals surface area (Å²) in [6, 6.07) is 9.89. The number of benzene rings is 2. The monoisotopic (exact) mass is 421 g/mol. The summed E-state index contributed by atoms with van der Waals surface area (Å²) in [4.78, 5) is 14.0. The zero-order chi connectivity index (χ0) is 21.0. The average Bonchev–Trinajstić information content (AvgIpc) is 3.16. The van der Waals surface area contributed by atoms with Crippen molar-refractivity contribution in [3.8, 4) is 17.2 Å². The van der Waals surface area contributed by atoms with Crippen LogP contribution in [0.15, 0.2) is 36.4 Å².